The molecule has 6 heterocycles. The Labute approximate surface area is 415 Å². The number of anilines is 2. The zero-order valence-corrected chi connectivity index (χ0v) is 41.9. The van der Waals surface area contributed by atoms with E-state index in [1.165, 1.54) is 42.9 Å². The van der Waals surface area contributed by atoms with Crippen LogP contribution in [0, 0.1) is 26.9 Å². The predicted octanol–water partition coefficient (Wildman–Crippen LogP) is 10.3. The van der Waals surface area contributed by atoms with Crippen LogP contribution in [0.5, 0.6) is 23.1 Å². The summed E-state index contributed by atoms with van der Waals surface area (Å²) in [6, 6.07) is 20.9. The number of aromatic amines is 1. The van der Waals surface area contributed by atoms with Crippen molar-refractivity contribution in [2.45, 2.75) is 127 Å². The Morgan fingerprint density at radius 1 is 0.944 bits per heavy atom. The quantitative estimate of drug-likeness (QED) is 0.0747. The number of nitrogens with zero attached hydrogens (tertiary/aromatic N) is 4. The lowest BCUT2D eigenvalue weighted by Crippen LogP contribution is -2.54. The van der Waals surface area contributed by atoms with Crippen LogP contribution >= 0.6 is 0 Å². The van der Waals surface area contributed by atoms with E-state index in [4.69, 9.17) is 23.9 Å². The van der Waals surface area contributed by atoms with Gasteiger partial charge in [-0.15, -0.1) is 0 Å². The normalized spacial score (nSPS) is 22.6. The highest BCUT2D eigenvalue weighted by molar-refractivity contribution is 7.90. The van der Waals surface area contributed by atoms with Crippen LogP contribution in [0.1, 0.15) is 125 Å². The van der Waals surface area contributed by atoms with Crippen LogP contribution in [0.2, 0.25) is 0 Å². The third-order valence-electron chi connectivity index (χ3n) is 16.5. The number of amides is 1. The van der Waals surface area contributed by atoms with Gasteiger partial charge in [0, 0.05) is 60.6 Å². The molecule has 16 nitrogen and oxygen atoms in total. The number of nitro groups is 1. The summed E-state index contributed by atoms with van der Waals surface area (Å²) < 4.78 is 54.8. The second-order valence-corrected chi connectivity index (χ2v) is 23.7. The molecule has 0 radical (unpaired) electrons. The van der Waals surface area contributed by atoms with Crippen LogP contribution in [-0.2, 0) is 14.8 Å². The molecule has 2 aliphatic carbocycles. The van der Waals surface area contributed by atoms with Crippen LogP contribution < -0.4 is 29.1 Å². The molecular weight excluding hydrogens is 923 g/mol. The number of hydrogen-bond donors (Lipinski definition) is 3. The van der Waals surface area contributed by atoms with Crippen molar-refractivity contribution >= 4 is 44.0 Å². The first-order valence-electron chi connectivity index (χ1n) is 25.5. The molecule has 2 saturated carbocycles. The van der Waals surface area contributed by atoms with Crippen LogP contribution in [0.3, 0.4) is 0 Å². The van der Waals surface area contributed by atoms with Crippen LogP contribution in [0.15, 0.2) is 77.8 Å². The average molecular weight is 988 g/mol. The number of carbonyl (C=O) groups excluding carboxylic acids is 1. The SMILES string of the molecule is CC(C)c1ccccc1[C@H]1CCCN1C1CC2(CCN(c3ccc(C(=O)NS(=O)(=O)c4cc5c(c([N+](=O)[O-])c4)N[C@@H](C4CCC(C)(C)CC4)CO5)c(Oc4cc5cc[nH]c5nc4OC4COC4)c3)CC2)C1. The summed E-state index contributed by atoms with van der Waals surface area (Å²) in [7, 11) is -4.69. The molecule has 5 aromatic rings. The number of likely N-dealkylation sites (tertiary alicyclic amines) is 1. The highest BCUT2D eigenvalue weighted by Gasteiger charge is 2.50. The molecule has 1 spiro atoms. The van der Waals surface area contributed by atoms with Crippen molar-refractivity contribution in [2.24, 2.45) is 16.7 Å². The van der Waals surface area contributed by atoms with Gasteiger partial charge in [-0.05, 0) is 129 Å². The molecular formula is C54H65N7O9S. The fourth-order valence-corrected chi connectivity index (χ4v) is 13.2. The maximum absolute atomic E-state index is 14.4. The first-order valence-corrected chi connectivity index (χ1v) is 27.0. The van der Waals surface area contributed by atoms with E-state index in [2.05, 4.69) is 76.8 Å². The summed E-state index contributed by atoms with van der Waals surface area (Å²) >= 11 is 0. The Hall–Kier alpha value is -5.91. The summed E-state index contributed by atoms with van der Waals surface area (Å²) in [5.41, 5.74) is 4.49. The van der Waals surface area contributed by atoms with Gasteiger partial charge in [0.1, 0.15) is 24.1 Å². The zero-order valence-electron chi connectivity index (χ0n) is 41.1. The van der Waals surface area contributed by atoms with Crippen LogP contribution in [-0.4, -0.2) is 91.8 Å². The standard InChI is InChI=1S/C54H65N7O9S/c1-33(2)40-8-5-6-9-41(40)44-10-7-21-60(44)37-28-54(29-37)18-22-59(23-19-54)36-11-12-42(46(25-36)70-48-24-35-15-20-55-50(35)57-52(48)69-38-30-67-31-38)51(62)58-71(65,66)39-26-45(61(63)64)49-47(27-39)68-32-43(56-49)34-13-16-53(3,4)17-14-34/h5-6,8-9,11-12,15,20,24-27,33-34,37-38,43-44,56H,7,10,13-14,16-19,21-23,28-32H2,1-4H3,(H,55,57)(H,58,62)/t43-,44-/m1/s1. The molecule has 376 valence electrons. The maximum atomic E-state index is 14.4. The van der Waals surface area contributed by atoms with Crippen molar-refractivity contribution in [3.8, 4) is 23.1 Å². The first kappa shape index (κ1) is 47.4. The van der Waals surface area contributed by atoms with Gasteiger partial charge >= 0.3 is 0 Å². The van der Waals surface area contributed by atoms with E-state index in [-0.39, 0.29) is 69.9 Å². The third-order valence-corrected chi connectivity index (χ3v) is 17.8. The van der Waals surface area contributed by atoms with Gasteiger partial charge in [-0.25, -0.2) is 13.1 Å². The van der Waals surface area contributed by atoms with Crippen molar-refractivity contribution < 1.29 is 37.1 Å². The van der Waals surface area contributed by atoms with E-state index in [0.717, 1.165) is 75.3 Å². The highest BCUT2D eigenvalue weighted by Crippen LogP contribution is 2.55. The number of hydrogen-bond acceptors (Lipinski definition) is 13. The van der Waals surface area contributed by atoms with Crippen molar-refractivity contribution in [1.29, 1.82) is 0 Å². The van der Waals surface area contributed by atoms with Gasteiger partial charge in [-0.2, -0.15) is 4.98 Å². The molecule has 2 aromatic heterocycles. The number of sulfonamides is 1. The number of carbonyl (C=O) groups is 1. The minimum Gasteiger partial charge on any atom is -0.489 e. The smallest absolute Gasteiger partial charge is 0.297 e. The fraction of sp³-hybridized carbons (Fsp3) is 0.519. The van der Waals surface area contributed by atoms with E-state index < -0.39 is 31.4 Å². The summed E-state index contributed by atoms with van der Waals surface area (Å²) in [6.07, 6.45) is 12.3. The Bertz CT molecular complexity index is 2950. The second kappa shape index (κ2) is 18.6. The zero-order chi connectivity index (χ0) is 49.2. The molecule has 0 bridgehead atoms. The molecule has 3 saturated heterocycles. The van der Waals surface area contributed by atoms with Gasteiger partial charge in [-0.1, -0.05) is 52.0 Å². The van der Waals surface area contributed by atoms with E-state index in [1.54, 1.807) is 24.4 Å². The largest absolute Gasteiger partial charge is 0.489 e. The topological polar surface area (TPSA) is 190 Å². The summed E-state index contributed by atoms with van der Waals surface area (Å²) in [4.78, 5) is 38.7. The first-order chi connectivity index (χ1) is 34.1. The number of H-pyrrole nitrogens is 1. The number of aromatic nitrogens is 2. The Morgan fingerprint density at radius 2 is 1.72 bits per heavy atom. The number of rotatable bonds is 13. The molecule has 3 N–H and O–H groups in total. The predicted molar refractivity (Wildman–Crippen MR) is 270 cm³/mol. The lowest BCUT2D eigenvalue weighted by Gasteiger charge is -2.56. The van der Waals surface area contributed by atoms with E-state index >= 15 is 0 Å². The number of ether oxygens (including phenoxy) is 4. The van der Waals surface area contributed by atoms with Crippen molar-refractivity contribution in [3.05, 3.63) is 99.7 Å². The van der Waals surface area contributed by atoms with Gasteiger partial charge in [0.05, 0.1) is 34.6 Å². The molecule has 1 amide bonds. The number of nitrogens with one attached hydrogen (secondary N) is 3. The minimum atomic E-state index is -4.69. The third kappa shape index (κ3) is 9.40. The molecule has 71 heavy (non-hydrogen) atoms. The second-order valence-electron chi connectivity index (χ2n) is 22.1. The molecule has 2 atom stereocenters. The monoisotopic (exact) mass is 987 g/mol. The Morgan fingerprint density at radius 3 is 2.45 bits per heavy atom. The molecule has 0 unspecified atom stereocenters. The van der Waals surface area contributed by atoms with Crippen molar-refractivity contribution in [1.82, 2.24) is 19.6 Å². The molecule has 17 heteroatoms. The lowest BCUT2D eigenvalue weighted by molar-refractivity contribution is -0.384. The number of piperidine rings is 1. The summed E-state index contributed by atoms with van der Waals surface area (Å²) in [6.45, 7) is 12.8. The summed E-state index contributed by atoms with van der Waals surface area (Å²) in [5, 5.41) is 16.6. The van der Waals surface area contributed by atoms with Gasteiger partial charge in [0.2, 0.25) is 0 Å². The van der Waals surface area contributed by atoms with Gasteiger partial charge in [0.25, 0.3) is 27.5 Å². The Balaban J connectivity index is 0.837. The molecule has 11 rings (SSSR count). The molecule has 3 aromatic carbocycles. The van der Waals surface area contributed by atoms with Crippen molar-refractivity contribution in [2.75, 3.05) is 49.7 Å². The van der Waals surface area contributed by atoms with Gasteiger partial charge in [0.15, 0.2) is 17.2 Å². The maximum Gasteiger partial charge on any atom is 0.297 e. The van der Waals surface area contributed by atoms with E-state index in [1.807, 2.05) is 12.1 Å². The van der Waals surface area contributed by atoms with Crippen LogP contribution in [0.4, 0.5) is 17.1 Å². The minimum absolute atomic E-state index is 0.0400. The van der Waals surface area contributed by atoms with E-state index in [9.17, 15) is 23.3 Å². The molecule has 6 aliphatic rings. The lowest BCUT2D eigenvalue weighted by atomic mass is 9.59. The van der Waals surface area contributed by atoms with Gasteiger partial charge < -0.3 is 34.1 Å². The Kier molecular flexibility index (Phi) is 12.4. The van der Waals surface area contributed by atoms with Gasteiger partial charge in [-0.3, -0.25) is 19.8 Å². The fourth-order valence-electron chi connectivity index (χ4n) is 12.2. The number of pyridine rings is 1. The average Bonchev–Trinajstić information content (AvgIpc) is 4.01. The highest BCUT2D eigenvalue weighted by atomic mass is 32.2. The number of fused-ring (bicyclic) bond motifs is 2. The van der Waals surface area contributed by atoms with E-state index in [0.29, 0.717) is 36.9 Å². The van der Waals surface area contributed by atoms with Crippen LogP contribution in [0.25, 0.3) is 11.0 Å². The number of nitro benzene ring substituents is 1. The molecule has 4 aliphatic heterocycles. The van der Waals surface area contributed by atoms with Crippen molar-refractivity contribution in [3.63, 3.8) is 0 Å². The molecule has 5 fully saturated rings. The number of benzene rings is 3. The summed E-state index contributed by atoms with van der Waals surface area (Å²) in [5.74, 6) is 0.313.